The summed E-state index contributed by atoms with van der Waals surface area (Å²) < 4.78 is 0. The molecule has 0 saturated heterocycles. The number of aliphatic hydroxyl groups excluding tert-OH is 1. The highest BCUT2D eigenvalue weighted by Gasteiger charge is 2.70. The van der Waals surface area contributed by atoms with E-state index in [1.54, 1.807) is 0 Å². The first-order chi connectivity index (χ1) is 11.2. The van der Waals surface area contributed by atoms with Gasteiger partial charge >= 0.3 is 5.97 Å². The second-order valence-electron chi connectivity index (χ2n) is 9.37. The second kappa shape index (κ2) is 4.72. The van der Waals surface area contributed by atoms with Crippen LogP contribution in [0.1, 0.15) is 58.8 Å². The van der Waals surface area contributed by atoms with Gasteiger partial charge in [0.05, 0.1) is 11.5 Å². The van der Waals surface area contributed by atoms with Crippen LogP contribution in [0.4, 0.5) is 0 Å². The maximum atomic E-state index is 13.1. The number of aliphatic carboxylic acids is 1. The van der Waals surface area contributed by atoms with Gasteiger partial charge in [-0.25, -0.2) is 0 Å². The highest BCUT2D eigenvalue weighted by atomic mass is 16.4. The molecule has 4 saturated carbocycles. The van der Waals surface area contributed by atoms with Crippen LogP contribution in [0.5, 0.6) is 0 Å². The molecular weight excluding hydrogens is 304 g/mol. The Labute approximate surface area is 143 Å². The van der Waals surface area contributed by atoms with E-state index in [4.69, 9.17) is 0 Å². The molecule has 0 radical (unpaired) electrons. The van der Waals surface area contributed by atoms with Gasteiger partial charge < -0.3 is 10.2 Å². The number of carbonyl (C=O) groups excluding carboxylic acids is 1. The molecule has 4 fully saturated rings. The van der Waals surface area contributed by atoms with E-state index in [-0.39, 0.29) is 29.0 Å². The van der Waals surface area contributed by atoms with E-state index in [1.807, 2.05) is 6.92 Å². The van der Waals surface area contributed by atoms with E-state index in [0.717, 1.165) is 25.7 Å². The van der Waals surface area contributed by atoms with Crippen LogP contribution in [0.25, 0.3) is 0 Å². The summed E-state index contributed by atoms with van der Waals surface area (Å²) in [5.41, 5.74) is -0.810. The molecule has 4 nitrogen and oxygen atoms in total. The van der Waals surface area contributed by atoms with Crippen molar-refractivity contribution in [1.82, 2.24) is 0 Å². The lowest BCUT2D eigenvalue weighted by Gasteiger charge is -2.63. The van der Waals surface area contributed by atoms with Crippen molar-refractivity contribution < 1.29 is 19.8 Å². The smallest absolute Gasteiger partial charge is 0.309 e. The number of allylic oxidation sites excluding steroid dienone is 1. The summed E-state index contributed by atoms with van der Waals surface area (Å²) in [6, 6.07) is 0. The Hall–Kier alpha value is -1.16. The molecule has 4 rings (SSSR count). The summed E-state index contributed by atoms with van der Waals surface area (Å²) in [7, 11) is 0. The first-order valence-corrected chi connectivity index (χ1v) is 9.32. The minimum absolute atomic E-state index is 0.0275. The molecule has 0 aromatic rings. The van der Waals surface area contributed by atoms with Gasteiger partial charge in [0.2, 0.25) is 0 Å². The minimum atomic E-state index is -0.746. The third-order valence-corrected chi connectivity index (χ3v) is 8.41. The number of aliphatic hydroxyl groups is 1. The lowest BCUT2D eigenvalue weighted by atomic mass is 9.40. The van der Waals surface area contributed by atoms with Crippen molar-refractivity contribution in [2.75, 3.05) is 0 Å². The highest BCUT2D eigenvalue weighted by molar-refractivity contribution is 6.03. The van der Waals surface area contributed by atoms with Crippen LogP contribution >= 0.6 is 0 Å². The SMILES string of the molecule is C=C1C(=O)[C@@]23CC[C@H]4[C@@](C)(CCC[C@@]4(C)C(=O)O)[C@@H]2[C@H](O)C[C@H]1C3. The van der Waals surface area contributed by atoms with Gasteiger partial charge in [-0.3, -0.25) is 9.59 Å². The second-order valence-corrected chi connectivity index (χ2v) is 9.37. The largest absolute Gasteiger partial charge is 0.481 e. The minimum Gasteiger partial charge on any atom is -0.481 e. The summed E-state index contributed by atoms with van der Waals surface area (Å²) in [6.45, 7) is 8.06. The Morgan fingerprint density at radius 3 is 2.62 bits per heavy atom. The van der Waals surface area contributed by atoms with E-state index in [1.165, 1.54) is 0 Å². The van der Waals surface area contributed by atoms with Gasteiger partial charge in [0.1, 0.15) is 0 Å². The van der Waals surface area contributed by atoms with E-state index in [2.05, 4.69) is 13.5 Å². The van der Waals surface area contributed by atoms with Crippen LogP contribution < -0.4 is 0 Å². The summed E-state index contributed by atoms with van der Waals surface area (Å²) in [6.07, 6.45) is 4.86. The standard InChI is InChI=1S/C20H28O4/c1-11-12-9-13(21)15-18(2)6-4-7-19(3,17(23)24)14(18)5-8-20(15,10-12)16(11)22/h12-15,21H,1,4-10H2,2-3H3,(H,23,24)/t12-,13+,14-,15-,18+,19+,20+/m0/s1. The number of carboxylic acid groups (broad SMARTS) is 1. The third kappa shape index (κ3) is 1.68. The predicted molar refractivity (Wildman–Crippen MR) is 89.2 cm³/mol. The predicted octanol–water partition coefficient (Wildman–Crippen LogP) is 3.19. The average Bonchev–Trinajstić information content (AvgIpc) is 2.68. The fourth-order valence-electron chi connectivity index (χ4n) is 7.48. The van der Waals surface area contributed by atoms with Crippen molar-refractivity contribution in [3.63, 3.8) is 0 Å². The molecule has 1 spiro atoms. The van der Waals surface area contributed by atoms with Gasteiger partial charge in [0.25, 0.3) is 0 Å². The van der Waals surface area contributed by atoms with Gasteiger partial charge in [-0.1, -0.05) is 19.9 Å². The highest BCUT2D eigenvalue weighted by Crippen LogP contribution is 2.71. The number of hydrogen-bond acceptors (Lipinski definition) is 3. The quantitative estimate of drug-likeness (QED) is 0.723. The first-order valence-electron chi connectivity index (χ1n) is 9.32. The summed E-state index contributed by atoms with van der Waals surface area (Å²) >= 11 is 0. The van der Waals surface area contributed by atoms with Gasteiger partial charge in [-0.15, -0.1) is 0 Å². The number of rotatable bonds is 1. The van der Waals surface area contributed by atoms with Crippen molar-refractivity contribution in [1.29, 1.82) is 0 Å². The Bertz CT molecular complexity index is 640. The lowest BCUT2D eigenvalue weighted by Crippen LogP contribution is -2.62. The Morgan fingerprint density at radius 2 is 1.96 bits per heavy atom. The molecule has 0 aromatic heterocycles. The van der Waals surface area contributed by atoms with E-state index < -0.39 is 22.9 Å². The third-order valence-electron chi connectivity index (χ3n) is 8.41. The maximum absolute atomic E-state index is 13.1. The van der Waals surface area contributed by atoms with Crippen LogP contribution in [0.2, 0.25) is 0 Å². The number of Topliss-reactive ketones (excluding diaryl/α,β-unsaturated/α-hetero) is 1. The lowest BCUT2D eigenvalue weighted by molar-refractivity contribution is -0.199. The number of carboxylic acids is 1. The zero-order valence-electron chi connectivity index (χ0n) is 14.7. The van der Waals surface area contributed by atoms with Crippen molar-refractivity contribution in [3.05, 3.63) is 12.2 Å². The zero-order valence-corrected chi connectivity index (χ0v) is 14.7. The summed E-state index contributed by atoms with van der Waals surface area (Å²) in [4.78, 5) is 25.1. The summed E-state index contributed by atoms with van der Waals surface area (Å²) in [5.74, 6) is -0.528. The molecular formula is C20H28O4. The number of ketones is 1. The molecule has 2 bridgehead atoms. The molecule has 4 aliphatic rings. The van der Waals surface area contributed by atoms with Gasteiger partial charge in [0.15, 0.2) is 5.78 Å². The topological polar surface area (TPSA) is 74.6 Å². The molecule has 0 unspecified atom stereocenters. The molecule has 4 heteroatoms. The molecule has 0 heterocycles. The molecule has 0 aliphatic heterocycles. The number of carbonyl (C=O) groups is 2. The Kier molecular flexibility index (Phi) is 3.21. The first kappa shape index (κ1) is 16.3. The molecule has 24 heavy (non-hydrogen) atoms. The molecule has 4 aliphatic carbocycles. The van der Waals surface area contributed by atoms with Crippen LogP contribution in [0.3, 0.4) is 0 Å². The van der Waals surface area contributed by atoms with Crippen LogP contribution in [0, 0.1) is 34.0 Å². The average molecular weight is 332 g/mol. The van der Waals surface area contributed by atoms with Crippen LogP contribution in [0.15, 0.2) is 12.2 Å². The Morgan fingerprint density at radius 1 is 1.25 bits per heavy atom. The van der Waals surface area contributed by atoms with E-state index in [0.29, 0.717) is 24.8 Å². The monoisotopic (exact) mass is 332 g/mol. The molecule has 0 amide bonds. The fraction of sp³-hybridized carbons (Fsp3) is 0.800. The van der Waals surface area contributed by atoms with E-state index >= 15 is 0 Å². The molecule has 132 valence electrons. The van der Waals surface area contributed by atoms with Gasteiger partial charge in [0, 0.05) is 11.3 Å². The molecule has 7 atom stereocenters. The van der Waals surface area contributed by atoms with Crippen molar-refractivity contribution in [2.45, 2.75) is 64.9 Å². The molecule has 0 aromatic carbocycles. The van der Waals surface area contributed by atoms with Crippen LogP contribution in [-0.2, 0) is 9.59 Å². The number of hydrogen-bond donors (Lipinski definition) is 2. The zero-order chi connectivity index (χ0) is 17.5. The number of fused-ring (bicyclic) bond motifs is 3. The normalized spacial score (nSPS) is 53.5. The fourth-order valence-corrected chi connectivity index (χ4v) is 7.48. The molecule has 2 N–H and O–H groups in total. The van der Waals surface area contributed by atoms with Crippen LogP contribution in [-0.4, -0.2) is 28.1 Å². The summed E-state index contributed by atoms with van der Waals surface area (Å²) in [5, 5.41) is 20.9. The maximum Gasteiger partial charge on any atom is 0.309 e. The van der Waals surface area contributed by atoms with Crippen molar-refractivity contribution >= 4 is 11.8 Å². The van der Waals surface area contributed by atoms with Gasteiger partial charge in [-0.2, -0.15) is 0 Å². The van der Waals surface area contributed by atoms with Crippen molar-refractivity contribution in [2.24, 2.45) is 34.0 Å². The van der Waals surface area contributed by atoms with Crippen molar-refractivity contribution in [3.8, 4) is 0 Å². The van der Waals surface area contributed by atoms with E-state index in [9.17, 15) is 19.8 Å². The van der Waals surface area contributed by atoms with Gasteiger partial charge in [-0.05, 0) is 68.3 Å². The Balaban J connectivity index is 1.83.